The second-order valence-corrected chi connectivity index (χ2v) is 5.45. The summed E-state index contributed by atoms with van der Waals surface area (Å²) in [4.78, 5) is 3.97. The van der Waals surface area contributed by atoms with Crippen LogP contribution in [0.1, 0.15) is 33.6 Å². The number of halogens is 1. The maximum atomic E-state index is 5.82. The fourth-order valence-corrected chi connectivity index (χ4v) is 1.79. The van der Waals surface area contributed by atoms with Crippen molar-refractivity contribution in [2.45, 2.75) is 39.7 Å². The number of hydrogen-bond donors (Lipinski definition) is 1. The third kappa shape index (κ3) is 6.82. The second-order valence-electron chi connectivity index (χ2n) is 5.01. The van der Waals surface area contributed by atoms with E-state index in [-0.39, 0.29) is 0 Å². The predicted octanol–water partition coefficient (Wildman–Crippen LogP) is 3.53. The van der Waals surface area contributed by atoms with Crippen LogP contribution in [0.2, 0.25) is 5.02 Å². The van der Waals surface area contributed by atoms with E-state index in [9.17, 15) is 0 Å². The quantitative estimate of drug-likeness (QED) is 0.734. The molecule has 1 aromatic heterocycles. The Labute approximate surface area is 115 Å². The van der Waals surface area contributed by atoms with Crippen molar-refractivity contribution < 1.29 is 4.74 Å². The number of nitrogens with one attached hydrogen (secondary N) is 1. The Morgan fingerprint density at radius 1 is 1.28 bits per heavy atom. The van der Waals surface area contributed by atoms with Crippen LogP contribution in [0.25, 0.3) is 0 Å². The zero-order valence-electron chi connectivity index (χ0n) is 11.4. The summed E-state index contributed by atoms with van der Waals surface area (Å²) in [6.45, 7) is 8.19. The van der Waals surface area contributed by atoms with Gasteiger partial charge < -0.3 is 10.1 Å². The van der Waals surface area contributed by atoms with E-state index in [4.69, 9.17) is 16.3 Å². The van der Waals surface area contributed by atoms with Gasteiger partial charge in [-0.25, -0.2) is 0 Å². The van der Waals surface area contributed by atoms with Gasteiger partial charge in [0.05, 0.1) is 11.2 Å². The molecular weight excluding hydrogens is 248 g/mol. The number of hydrogen-bond acceptors (Lipinski definition) is 3. The molecule has 1 heterocycles. The molecule has 4 heteroatoms. The van der Waals surface area contributed by atoms with Crippen LogP contribution in [0.3, 0.4) is 0 Å². The Bertz CT molecular complexity index is 344. The SMILES string of the molecule is CC(C)CCC(C)NCCOc1cncc(Cl)c1. The van der Waals surface area contributed by atoms with Crippen LogP contribution in [0.15, 0.2) is 18.5 Å². The lowest BCUT2D eigenvalue weighted by Crippen LogP contribution is -2.30. The second kappa shape index (κ2) is 8.33. The minimum atomic E-state index is 0.536. The minimum absolute atomic E-state index is 0.536. The molecule has 0 aromatic carbocycles. The highest BCUT2D eigenvalue weighted by atomic mass is 35.5. The molecule has 0 saturated heterocycles. The molecule has 0 fully saturated rings. The fraction of sp³-hybridized carbons (Fsp3) is 0.643. The van der Waals surface area contributed by atoms with Gasteiger partial charge in [-0.3, -0.25) is 4.98 Å². The fourth-order valence-electron chi connectivity index (χ4n) is 1.63. The first-order valence-electron chi connectivity index (χ1n) is 6.54. The topological polar surface area (TPSA) is 34.1 Å². The van der Waals surface area contributed by atoms with Gasteiger partial charge in [-0.05, 0) is 25.7 Å². The highest BCUT2D eigenvalue weighted by molar-refractivity contribution is 6.30. The normalized spacial score (nSPS) is 12.7. The van der Waals surface area contributed by atoms with Crippen LogP contribution in [0.4, 0.5) is 0 Å². The molecule has 0 bridgehead atoms. The van der Waals surface area contributed by atoms with Crippen LogP contribution < -0.4 is 10.1 Å². The van der Waals surface area contributed by atoms with Crippen LogP contribution in [0.5, 0.6) is 5.75 Å². The molecular formula is C14H23ClN2O. The van der Waals surface area contributed by atoms with Crippen molar-refractivity contribution in [1.29, 1.82) is 0 Å². The van der Waals surface area contributed by atoms with E-state index in [1.807, 2.05) is 0 Å². The van der Waals surface area contributed by atoms with Gasteiger partial charge in [0.2, 0.25) is 0 Å². The summed E-state index contributed by atoms with van der Waals surface area (Å²) in [6, 6.07) is 2.31. The molecule has 1 N–H and O–H groups in total. The largest absolute Gasteiger partial charge is 0.491 e. The highest BCUT2D eigenvalue weighted by Crippen LogP contribution is 2.14. The van der Waals surface area contributed by atoms with Crippen molar-refractivity contribution >= 4 is 11.6 Å². The average Bonchev–Trinajstić information content (AvgIpc) is 2.32. The molecule has 102 valence electrons. The van der Waals surface area contributed by atoms with Crippen LogP contribution in [-0.2, 0) is 0 Å². The maximum Gasteiger partial charge on any atom is 0.139 e. The van der Waals surface area contributed by atoms with Crippen molar-refractivity contribution in [2.24, 2.45) is 5.92 Å². The van der Waals surface area contributed by atoms with E-state index in [2.05, 4.69) is 31.1 Å². The first-order valence-corrected chi connectivity index (χ1v) is 6.92. The number of aromatic nitrogens is 1. The molecule has 1 aromatic rings. The Kier molecular flexibility index (Phi) is 7.06. The Hall–Kier alpha value is -0.800. The van der Waals surface area contributed by atoms with Gasteiger partial charge in [-0.1, -0.05) is 25.4 Å². The number of ether oxygens (including phenoxy) is 1. The summed E-state index contributed by atoms with van der Waals surface area (Å²) < 4.78 is 5.55. The van der Waals surface area contributed by atoms with Gasteiger partial charge >= 0.3 is 0 Å². The van der Waals surface area contributed by atoms with Crippen LogP contribution in [-0.4, -0.2) is 24.2 Å². The minimum Gasteiger partial charge on any atom is -0.491 e. The Morgan fingerprint density at radius 3 is 2.72 bits per heavy atom. The van der Waals surface area contributed by atoms with E-state index < -0.39 is 0 Å². The zero-order valence-corrected chi connectivity index (χ0v) is 12.2. The molecule has 0 saturated carbocycles. The molecule has 0 aliphatic rings. The van der Waals surface area contributed by atoms with E-state index >= 15 is 0 Å². The molecule has 0 radical (unpaired) electrons. The van der Waals surface area contributed by atoms with Crippen molar-refractivity contribution in [3.05, 3.63) is 23.5 Å². The molecule has 0 aliphatic heterocycles. The molecule has 1 unspecified atom stereocenters. The van der Waals surface area contributed by atoms with Gasteiger partial charge in [0.1, 0.15) is 12.4 Å². The standard InChI is InChI=1S/C14H23ClN2O/c1-11(2)4-5-12(3)17-6-7-18-14-8-13(15)9-16-10-14/h8-12,17H,4-7H2,1-3H3. The summed E-state index contributed by atoms with van der Waals surface area (Å²) in [5.41, 5.74) is 0. The van der Waals surface area contributed by atoms with E-state index in [0.717, 1.165) is 18.2 Å². The monoisotopic (exact) mass is 270 g/mol. The smallest absolute Gasteiger partial charge is 0.139 e. The average molecular weight is 271 g/mol. The number of pyridine rings is 1. The lowest BCUT2D eigenvalue weighted by molar-refractivity contribution is 0.302. The lowest BCUT2D eigenvalue weighted by atomic mass is 10.0. The first kappa shape index (κ1) is 15.3. The molecule has 3 nitrogen and oxygen atoms in total. The summed E-state index contributed by atoms with van der Waals surface area (Å²) >= 11 is 5.82. The molecule has 18 heavy (non-hydrogen) atoms. The molecule has 0 spiro atoms. The van der Waals surface area contributed by atoms with E-state index in [1.165, 1.54) is 12.8 Å². The van der Waals surface area contributed by atoms with Crippen LogP contribution in [0, 0.1) is 5.92 Å². The zero-order chi connectivity index (χ0) is 13.4. The Balaban J connectivity index is 2.11. The summed E-state index contributed by atoms with van der Waals surface area (Å²) in [5, 5.41) is 4.05. The molecule has 0 amide bonds. The third-order valence-corrected chi connectivity index (χ3v) is 2.93. The lowest BCUT2D eigenvalue weighted by Gasteiger charge is -2.15. The Morgan fingerprint density at radius 2 is 2.06 bits per heavy atom. The van der Waals surface area contributed by atoms with E-state index in [1.54, 1.807) is 18.5 Å². The van der Waals surface area contributed by atoms with Crippen molar-refractivity contribution in [1.82, 2.24) is 10.3 Å². The molecule has 0 aliphatic carbocycles. The van der Waals surface area contributed by atoms with Gasteiger partial charge in [0, 0.05) is 24.8 Å². The summed E-state index contributed by atoms with van der Waals surface area (Å²) in [5.74, 6) is 1.49. The number of nitrogens with zero attached hydrogens (tertiary/aromatic N) is 1. The number of rotatable bonds is 8. The highest BCUT2D eigenvalue weighted by Gasteiger charge is 2.03. The summed E-state index contributed by atoms with van der Waals surface area (Å²) in [7, 11) is 0. The molecule has 1 rings (SSSR count). The van der Waals surface area contributed by atoms with Crippen molar-refractivity contribution in [2.75, 3.05) is 13.2 Å². The van der Waals surface area contributed by atoms with E-state index in [0.29, 0.717) is 17.7 Å². The van der Waals surface area contributed by atoms with Crippen LogP contribution >= 0.6 is 11.6 Å². The maximum absolute atomic E-state index is 5.82. The van der Waals surface area contributed by atoms with Gasteiger partial charge in [0.25, 0.3) is 0 Å². The van der Waals surface area contributed by atoms with Crippen molar-refractivity contribution in [3.8, 4) is 5.75 Å². The summed E-state index contributed by atoms with van der Waals surface area (Å²) in [6.07, 6.45) is 5.73. The van der Waals surface area contributed by atoms with Gasteiger partial charge in [0.15, 0.2) is 0 Å². The third-order valence-electron chi connectivity index (χ3n) is 2.72. The van der Waals surface area contributed by atoms with Gasteiger partial charge in [-0.2, -0.15) is 0 Å². The van der Waals surface area contributed by atoms with Gasteiger partial charge in [-0.15, -0.1) is 0 Å². The van der Waals surface area contributed by atoms with Crippen molar-refractivity contribution in [3.63, 3.8) is 0 Å². The predicted molar refractivity (Wildman–Crippen MR) is 76.3 cm³/mol. The molecule has 1 atom stereocenters. The first-order chi connectivity index (χ1) is 8.58.